The minimum absolute atomic E-state index is 0.177. The number of likely N-dealkylation sites (tertiary alicyclic amines) is 2. The molecule has 150 valence electrons. The lowest BCUT2D eigenvalue weighted by Crippen LogP contribution is -2.42. The van der Waals surface area contributed by atoms with Crippen molar-refractivity contribution in [1.82, 2.24) is 19.4 Å². The van der Waals surface area contributed by atoms with Crippen molar-refractivity contribution in [3.8, 4) is 5.75 Å². The first-order valence-corrected chi connectivity index (χ1v) is 10.2. The van der Waals surface area contributed by atoms with E-state index in [0.717, 1.165) is 63.3 Å². The fourth-order valence-corrected chi connectivity index (χ4v) is 4.60. The summed E-state index contributed by atoms with van der Waals surface area (Å²) in [6, 6.07) is 8.04. The maximum absolute atomic E-state index is 12.7. The molecular weight excluding hydrogens is 352 g/mol. The Balaban J connectivity index is 1.26. The second-order valence-corrected chi connectivity index (χ2v) is 8.27. The smallest absolute Gasteiger partial charge is 0.223 e. The Hall–Kier alpha value is -2.34. The standard InChI is InChI=1S/C22H30N4O2/c1-28-20-5-2-4-19(14-20)16-26-17-22(15-21(26)27)6-11-24(12-7-22)9-3-10-25-13-8-23-18-25/h2,4-5,8,13-14,18H,3,6-7,9-12,15-17H2,1H3. The van der Waals surface area contributed by atoms with E-state index in [4.69, 9.17) is 4.74 Å². The molecule has 2 fully saturated rings. The summed E-state index contributed by atoms with van der Waals surface area (Å²) < 4.78 is 7.45. The summed E-state index contributed by atoms with van der Waals surface area (Å²) in [5.41, 5.74) is 1.32. The average Bonchev–Trinajstić information content (AvgIpc) is 3.32. The van der Waals surface area contributed by atoms with E-state index in [9.17, 15) is 4.79 Å². The molecule has 2 aliphatic heterocycles. The fraction of sp³-hybridized carbons (Fsp3) is 0.545. The number of benzene rings is 1. The molecule has 0 bridgehead atoms. The lowest BCUT2D eigenvalue weighted by molar-refractivity contribution is -0.128. The van der Waals surface area contributed by atoms with Crippen LogP contribution in [0.4, 0.5) is 0 Å². The van der Waals surface area contributed by atoms with Gasteiger partial charge in [0.1, 0.15) is 5.75 Å². The predicted molar refractivity (Wildman–Crippen MR) is 108 cm³/mol. The van der Waals surface area contributed by atoms with Crippen LogP contribution in [0.2, 0.25) is 0 Å². The molecule has 0 atom stereocenters. The molecule has 0 aliphatic carbocycles. The Morgan fingerprint density at radius 3 is 2.82 bits per heavy atom. The molecule has 1 aromatic carbocycles. The van der Waals surface area contributed by atoms with E-state index in [2.05, 4.69) is 20.5 Å². The predicted octanol–water partition coefficient (Wildman–Crippen LogP) is 2.80. The summed E-state index contributed by atoms with van der Waals surface area (Å²) in [7, 11) is 1.68. The van der Waals surface area contributed by atoms with Crippen LogP contribution in [0.15, 0.2) is 43.0 Å². The van der Waals surface area contributed by atoms with Crippen LogP contribution in [0.1, 0.15) is 31.2 Å². The van der Waals surface area contributed by atoms with Gasteiger partial charge in [0.15, 0.2) is 0 Å². The summed E-state index contributed by atoms with van der Waals surface area (Å²) >= 11 is 0. The number of aryl methyl sites for hydroxylation is 1. The van der Waals surface area contributed by atoms with Gasteiger partial charge in [-0.05, 0) is 62.0 Å². The maximum atomic E-state index is 12.7. The van der Waals surface area contributed by atoms with Gasteiger partial charge in [0.05, 0.1) is 13.4 Å². The number of aromatic nitrogens is 2. The van der Waals surface area contributed by atoms with Gasteiger partial charge < -0.3 is 19.1 Å². The van der Waals surface area contributed by atoms with E-state index in [0.29, 0.717) is 18.9 Å². The van der Waals surface area contributed by atoms with Crippen molar-refractivity contribution in [2.24, 2.45) is 5.41 Å². The SMILES string of the molecule is COc1cccc(CN2CC3(CCN(CCCn4ccnc4)CC3)CC2=O)c1. The molecule has 2 aromatic rings. The molecule has 0 unspecified atom stereocenters. The largest absolute Gasteiger partial charge is 0.497 e. The van der Waals surface area contributed by atoms with Crippen LogP contribution in [0.5, 0.6) is 5.75 Å². The summed E-state index contributed by atoms with van der Waals surface area (Å²) in [6.07, 6.45) is 9.83. The van der Waals surface area contributed by atoms with Gasteiger partial charge in [-0.25, -0.2) is 4.98 Å². The third-order valence-corrected chi connectivity index (χ3v) is 6.28. The zero-order chi connectivity index (χ0) is 19.4. The van der Waals surface area contributed by atoms with E-state index >= 15 is 0 Å². The number of rotatable bonds is 7. The minimum Gasteiger partial charge on any atom is -0.497 e. The van der Waals surface area contributed by atoms with Gasteiger partial charge in [-0.15, -0.1) is 0 Å². The number of piperidine rings is 1. The number of amides is 1. The quantitative estimate of drug-likeness (QED) is 0.739. The van der Waals surface area contributed by atoms with Gasteiger partial charge in [0.25, 0.3) is 0 Å². The zero-order valence-corrected chi connectivity index (χ0v) is 16.7. The number of methoxy groups -OCH3 is 1. The third-order valence-electron chi connectivity index (χ3n) is 6.28. The lowest BCUT2D eigenvalue weighted by Gasteiger charge is -2.38. The second kappa shape index (κ2) is 8.35. The Kier molecular flexibility index (Phi) is 5.67. The van der Waals surface area contributed by atoms with Crippen molar-refractivity contribution in [3.05, 3.63) is 48.5 Å². The van der Waals surface area contributed by atoms with Crippen molar-refractivity contribution in [1.29, 1.82) is 0 Å². The highest BCUT2D eigenvalue weighted by Gasteiger charge is 2.44. The van der Waals surface area contributed by atoms with Gasteiger partial charge in [-0.3, -0.25) is 4.79 Å². The molecule has 0 saturated carbocycles. The Bertz CT molecular complexity index is 782. The zero-order valence-electron chi connectivity index (χ0n) is 16.7. The Morgan fingerprint density at radius 2 is 2.07 bits per heavy atom. The van der Waals surface area contributed by atoms with Gasteiger partial charge in [0, 0.05) is 38.4 Å². The summed E-state index contributed by atoms with van der Waals surface area (Å²) in [5, 5.41) is 0. The lowest BCUT2D eigenvalue weighted by atomic mass is 9.77. The average molecular weight is 383 g/mol. The summed E-state index contributed by atoms with van der Waals surface area (Å²) in [4.78, 5) is 21.4. The van der Waals surface area contributed by atoms with Crippen LogP contribution >= 0.6 is 0 Å². The Morgan fingerprint density at radius 1 is 1.21 bits per heavy atom. The normalized spacial score (nSPS) is 19.5. The summed E-state index contributed by atoms with van der Waals surface area (Å²) in [6.45, 7) is 5.93. The van der Waals surface area contributed by atoms with Gasteiger partial charge in [-0.2, -0.15) is 0 Å². The number of nitrogens with zero attached hydrogens (tertiary/aromatic N) is 4. The second-order valence-electron chi connectivity index (χ2n) is 8.27. The third kappa shape index (κ3) is 4.38. The topological polar surface area (TPSA) is 50.6 Å². The number of ether oxygens (including phenoxy) is 1. The maximum Gasteiger partial charge on any atom is 0.223 e. The van der Waals surface area contributed by atoms with Gasteiger partial charge in [0.2, 0.25) is 5.91 Å². The molecule has 4 rings (SSSR count). The number of carbonyl (C=O) groups is 1. The monoisotopic (exact) mass is 382 g/mol. The van der Waals surface area contributed by atoms with E-state index in [1.807, 2.05) is 41.8 Å². The number of imidazole rings is 1. The molecule has 3 heterocycles. The first kappa shape index (κ1) is 19.0. The van der Waals surface area contributed by atoms with E-state index < -0.39 is 0 Å². The number of carbonyl (C=O) groups excluding carboxylic acids is 1. The molecule has 1 amide bonds. The van der Waals surface area contributed by atoms with Crippen molar-refractivity contribution in [2.75, 3.05) is 33.3 Å². The van der Waals surface area contributed by atoms with Crippen LogP contribution in [-0.2, 0) is 17.9 Å². The first-order valence-electron chi connectivity index (χ1n) is 10.2. The molecule has 0 N–H and O–H groups in total. The molecule has 2 saturated heterocycles. The molecular formula is C22H30N4O2. The summed E-state index contributed by atoms with van der Waals surface area (Å²) in [5.74, 6) is 1.15. The van der Waals surface area contributed by atoms with Gasteiger partial charge in [-0.1, -0.05) is 12.1 Å². The van der Waals surface area contributed by atoms with Crippen LogP contribution in [-0.4, -0.2) is 58.5 Å². The molecule has 1 aromatic heterocycles. The van der Waals surface area contributed by atoms with Crippen molar-refractivity contribution in [2.45, 2.75) is 38.8 Å². The van der Waals surface area contributed by atoms with Crippen molar-refractivity contribution >= 4 is 5.91 Å². The van der Waals surface area contributed by atoms with E-state index in [1.165, 1.54) is 0 Å². The van der Waals surface area contributed by atoms with Crippen LogP contribution in [0.25, 0.3) is 0 Å². The van der Waals surface area contributed by atoms with Crippen LogP contribution < -0.4 is 4.74 Å². The molecule has 1 spiro atoms. The highest BCUT2D eigenvalue weighted by molar-refractivity contribution is 5.79. The van der Waals surface area contributed by atoms with Crippen molar-refractivity contribution in [3.63, 3.8) is 0 Å². The minimum atomic E-state index is 0.177. The van der Waals surface area contributed by atoms with E-state index in [-0.39, 0.29) is 5.41 Å². The number of hydrogen-bond acceptors (Lipinski definition) is 4. The molecule has 28 heavy (non-hydrogen) atoms. The molecule has 6 heteroatoms. The van der Waals surface area contributed by atoms with E-state index in [1.54, 1.807) is 7.11 Å². The number of hydrogen-bond donors (Lipinski definition) is 0. The fourth-order valence-electron chi connectivity index (χ4n) is 4.60. The highest BCUT2D eigenvalue weighted by atomic mass is 16.5. The first-order chi connectivity index (χ1) is 13.7. The molecule has 0 radical (unpaired) electrons. The highest BCUT2D eigenvalue weighted by Crippen LogP contribution is 2.41. The van der Waals surface area contributed by atoms with Crippen LogP contribution in [0.3, 0.4) is 0 Å². The van der Waals surface area contributed by atoms with Crippen molar-refractivity contribution < 1.29 is 9.53 Å². The Labute approximate surface area is 167 Å². The molecule has 6 nitrogen and oxygen atoms in total. The van der Waals surface area contributed by atoms with Gasteiger partial charge >= 0.3 is 0 Å². The van der Waals surface area contributed by atoms with Crippen LogP contribution in [0, 0.1) is 5.41 Å². The molecule has 2 aliphatic rings.